The molecular formula is C35H70O4S. The van der Waals surface area contributed by atoms with E-state index in [0.29, 0.717) is 0 Å². The molecule has 0 aromatic rings. The molecule has 0 heterocycles. The Labute approximate surface area is 251 Å². The van der Waals surface area contributed by atoms with Crippen molar-refractivity contribution in [2.45, 2.75) is 200 Å². The van der Waals surface area contributed by atoms with Crippen LogP contribution < -0.4 is 0 Å². The predicted molar refractivity (Wildman–Crippen MR) is 175 cm³/mol. The summed E-state index contributed by atoms with van der Waals surface area (Å²) in [6.45, 7) is 4.59. The molecule has 0 aliphatic carbocycles. The van der Waals surface area contributed by atoms with Gasteiger partial charge in [-0.25, -0.2) is 4.18 Å². The van der Waals surface area contributed by atoms with Crippen LogP contribution in [-0.4, -0.2) is 19.6 Å². The molecule has 0 aliphatic rings. The van der Waals surface area contributed by atoms with E-state index in [9.17, 15) is 8.42 Å². The van der Waals surface area contributed by atoms with Gasteiger partial charge in [0.15, 0.2) is 0 Å². The molecule has 0 saturated carbocycles. The summed E-state index contributed by atoms with van der Waals surface area (Å²) >= 11 is 0. The fourth-order valence-electron chi connectivity index (χ4n) is 5.58. The third-order valence-electron chi connectivity index (χ3n) is 8.24. The minimum absolute atomic E-state index is 0.0477. The second kappa shape index (κ2) is 31.5. The Morgan fingerprint density at radius 1 is 0.525 bits per heavy atom. The maximum atomic E-state index is 11.0. The Hall–Kier alpha value is -0.390. The Bertz CT molecular complexity index is 617. The van der Waals surface area contributed by atoms with Gasteiger partial charge < -0.3 is 0 Å². The zero-order valence-corrected chi connectivity index (χ0v) is 27.8. The van der Waals surface area contributed by atoms with Crippen LogP contribution >= 0.6 is 0 Å². The number of allylic oxidation sites excluding steroid dienone is 1. The lowest BCUT2D eigenvalue weighted by molar-refractivity contribution is 0.234. The van der Waals surface area contributed by atoms with Crippen LogP contribution in [0.3, 0.4) is 0 Å². The molecule has 1 atom stereocenters. The van der Waals surface area contributed by atoms with Gasteiger partial charge in [-0.3, -0.25) is 4.55 Å². The van der Waals surface area contributed by atoms with E-state index in [-0.39, 0.29) is 12.5 Å². The van der Waals surface area contributed by atoms with Crippen molar-refractivity contribution in [3.8, 4) is 0 Å². The Balaban J connectivity index is 3.73. The number of hydrogen-bond acceptors (Lipinski definition) is 3. The van der Waals surface area contributed by atoms with Crippen LogP contribution in [0.1, 0.15) is 200 Å². The topological polar surface area (TPSA) is 63.6 Å². The molecule has 4 nitrogen and oxygen atoms in total. The first-order chi connectivity index (χ1) is 19.5. The van der Waals surface area contributed by atoms with Gasteiger partial charge in [-0.2, -0.15) is 8.42 Å². The molecule has 1 unspecified atom stereocenters. The van der Waals surface area contributed by atoms with Crippen LogP contribution in [0.25, 0.3) is 0 Å². The second-order valence-corrected chi connectivity index (χ2v) is 13.4. The SMILES string of the molecule is CCCCCCCCCCCCCCCCCC/C=C/C(CCCCCCCCCCCCC)COS(=O)(=O)O. The highest BCUT2D eigenvalue weighted by Crippen LogP contribution is 2.18. The molecule has 0 amide bonds. The highest BCUT2D eigenvalue weighted by Gasteiger charge is 2.11. The largest absolute Gasteiger partial charge is 0.397 e. The molecule has 0 fully saturated rings. The Kier molecular flexibility index (Phi) is 31.2. The van der Waals surface area contributed by atoms with E-state index >= 15 is 0 Å². The van der Waals surface area contributed by atoms with E-state index < -0.39 is 10.4 Å². The van der Waals surface area contributed by atoms with Gasteiger partial charge >= 0.3 is 10.4 Å². The summed E-state index contributed by atoms with van der Waals surface area (Å²) in [4.78, 5) is 0. The van der Waals surface area contributed by atoms with Crippen molar-refractivity contribution in [2.75, 3.05) is 6.61 Å². The monoisotopic (exact) mass is 586 g/mol. The maximum Gasteiger partial charge on any atom is 0.397 e. The van der Waals surface area contributed by atoms with E-state index in [1.54, 1.807) is 0 Å². The van der Waals surface area contributed by atoms with Crippen LogP contribution in [0.5, 0.6) is 0 Å². The van der Waals surface area contributed by atoms with E-state index in [1.807, 2.05) is 0 Å². The van der Waals surface area contributed by atoms with E-state index in [1.165, 1.54) is 167 Å². The summed E-state index contributed by atoms with van der Waals surface area (Å²) in [6.07, 6.45) is 42.7. The van der Waals surface area contributed by atoms with Crippen molar-refractivity contribution in [3.63, 3.8) is 0 Å². The standard InChI is InChI=1S/C35H70O4S/c1-3-5-7-9-11-13-15-16-17-18-19-20-21-23-25-27-29-31-33-35(34-39-40(36,37)38)32-30-28-26-24-22-14-12-10-8-6-4-2/h31,33,35H,3-30,32,34H2,1-2H3,(H,36,37,38)/b33-31+. The lowest BCUT2D eigenvalue weighted by atomic mass is 9.99. The molecule has 0 aliphatic heterocycles. The van der Waals surface area contributed by atoms with Crippen LogP contribution in [-0.2, 0) is 14.6 Å². The summed E-state index contributed by atoms with van der Waals surface area (Å²) < 4.78 is 35.8. The summed E-state index contributed by atoms with van der Waals surface area (Å²) in [5.74, 6) is 0.0570. The summed E-state index contributed by atoms with van der Waals surface area (Å²) in [6, 6.07) is 0. The quantitative estimate of drug-likeness (QED) is 0.0472. The maximum absolute atomic E-state index is 11.0. The predicted octanol–water partition coefficient (Wildman–Crippen LogP) is 12.3. The van der Waals surface area contributed by atoms with Crippen molar-refractivity contribution in [2.24, 2.45) is 5.92 Å². The van der Waals surface area contributed by atoms with E-state index in [2.05, 4.69) is 26.0 Å². The Morgan fingerprint density at radius 3 is 1.20 bits per heavy atom. The molecule has 0 radical (unpaired) electrons. The molecule has 0 aromatic carbocycles. The third-order valence-corrected chi connectivity index (χ3v) is 8.68. The molecule has 0 spiro atoms. The lowest BCUT2D eigenvalue weighted by Gasteiger charge is -2.12. The molecule has 240 valence electrons. The van der Waals surface area contributed by atoms with Crippen molar-refractivity contribution in [1.82, 2.24) is 0 Å². The van der Waals surface area contributed by atoms with Gasteiger partial charge in [0.1, 0.15) is 0 Å². The molecule has 5 heteroatoms. The molecule has 0 saturated heterocycles. The number of unbranched alkanes of at least 4 members (excludes halogenated alkanes) is 26. The third kappa shape index (κ3) is 33.8. The normalized spacial score (nSPS) is 13.0. The van der Waals surface area contributed by atoms with Crippen LogP contribution in [0.2, 0.25) is 0 Å². The molecule has 40 heavy (non-hydrogen) atoms. The summed E-state index contributed by atoms with van der Waals surface area (Å²) in [5.41, 5.74) is 0. The molecule has 0 aromatic heterocycles. The molecule has 0 bridgehead atoms. The minimum atomic E-state index is -4.37. The fraction of sp³-hybridized carbons (Fsp3) is 0.943. The average Bonchev–Trinajstić information content (AvgIpc) is 2.93. The highest BCUT2D eigenvalue weighted by atomic mass is 32.3. The summed E-state index contributed by atoms with van der Waals surface area (Å²) in [7, 11) is -4.37. The Morgan fingerprint density at radius 2 is 0.850 bits per heavy atom. The first-order valence-electron chi connectivity index (χ1n) is 17.8. The molecular weight excluding hydrogens is 516 g/mol. The van der Waals surface area contributed by atoms with Crippen molar-refractivity contribution in [1.29, 1.82) is 0 Å². The molecule has 0 rings (SSSR count). The van der Waals surface area contributed by atoms with Gasteiger partial charge in [0.05, 0.1) is 6.61 Å². The summed E-state index contributed by atoms with van der Waals surface area (Å²) in [5, 5.41) is 0. The fourth-order valence-corrected chi connectivity index (χ4v) is 5.92. The average molecular weight is 587 g/mol. The van der Waals surface area contributed by atoms with Gasteiger partial charge in [-0.05, 0) is 19.3 Å². The van der Waals surface area contributed by atoms with Gasteiger partial charge in [-0.15, -0.1) is 0 Å². The number of hydrogen-bond donors (Lipinski definition) is 1. The van der Waals surface area contributed by atoms with Gasteiger partial charge in [0, 0.05) is 5.92 Å². The van der Waals surface area contributed by atoms with Crippen molar-refractivity contribution < 1.29 is 17.2 Å². The smallest absolute Gasteiger partial charge is 0.264 e. The van der Waals surface area contributed by atoms with Gasteiger partial charge in [0.2, 0.25) is 0 Å². The first-order valence-corrected chi connectivity index (χ1v) is 19.1. The second-order valence-electron chi connectivity index (χ2n) is 12.3. The number of rotatable bonds is 33. The lowest BCUT2D eigenvalue weighted by Crippen LogP contribution is -2.12. The van der Waals surface area contributed by atoms with Crippen LogP contribution in [0.15, 0.2) is 12.2 Å². The zero-order valence-electron chi connectivity index (χ0n) is 27.0. The van der Waals surface area contributed by atoms with E-state index in [0.717, 1.165) is 19.3 Å². The highest BCUT2D eigenvalue weighted by molar-refractivity contribution is 7.80. The van der Waals surface area contributed by atoms with Crippen molar-refractivity contribution >= 4 is 10.4 Å². The molecule has 1 N–H and O–H groups in total. The van der Waals surface area contributed by atoms with Gasteiger partial charge in [0.25, 0.3) is 0 Å². The zero-order chi connectivity index (χ0) is 29.4. The van der Waals surface area contributed by atoms with Crippen LogP contribution in [0, 0.1) is 5.92 Å². The van der Waals surface area contributed by atoms with E-state index in [4.69, 9.17) is 8.74 Å². The van der Waals surface area contributed by atoms with Crippen LogP contribution in [0.4, 0.5) is 0 Å². The van der Waals surface area contributed by atoms with Gasteiger partial charge in [-0.1, -0.05) is 193 Å². The van der Waals surface area contributed by atoms with Crippen molar-refractivity contribution in [3.05, 3.63) is 12.2 Å². The minimum Gasteiger partial charge on any atom is -0.264 e. The first kappa shape index (κ1) is 39.6.